The fraction of sp³-hybridized carbons (Fsp3) is 0.158. The second-order valence-electron chi connectivity index (χ2n) is 6.06. The molecular formula is C19H17F2N3O3S. The molecule has 9 heteroatoms. The van der Waals surface area contributed by atoms with Gasteiger partial charge in [-0.05, 0) is 44.2 Å². The lowest BCUT2D eigenvalue weighted by Gasteiger charge is -2.14. The summed E-state index contributed by atoms with van der Waals surface area (Å²) in [7, 11) is -4.02. The summed E-state index contributed by atoms with van der Waals surface area (Å²) >= 11 is 0. The molecule has 0 bridgehead atoms. The number of nitrogens with zero attached hydrogens (tertiary/aromatic N) is 2. The van der Waals surface area contributed by atoms with Gasteiger partial charge >= 0.3 is 6.01 Å². The molecule has 0 fully saturated rings. The zero-order valence-electron chi connectivity index (χ0n) is 15.1. The van der Waals surface area contributed by atoms with Crippen LogP contribution in [0.5, 0.6) is 11.8 Å². The van der Waals surface area contributed by atoms with E-state index < -0.39 is 27.4 Å². The minimum absolute atomic E-state index is 0.0697. The van der Waals surface area contributed by atoms with Crippen molar-refractivity contribution >= 4 is 15.7 Å². The number of nitrogens with one attached hydrogen (secondary N) is 1. The van der Waals surface area contributed by atoms with Crippen LogP contribution < -0.4 is 9.46 Å². The molecule has 1 N–H and O–H groups in total. The van der Waals surface area contributed by atoms with Crippen LogP contribution in [0, 0.1) is 25.5 Å². The summed E-state index contributed by atoms with van der Waals surface area (Å²) in [6.07, 6.45) is 0. The summed E-state index contributed by atoms with van der Waals surface area (Å²) in [6, 6.07) is 11.6. The molecule has 0 aliphatic rings. The Morgan fingerprint density at radius 2 is 1.64 bits per heavy atom. The molecule has 146 valence electrons. The number of aromatic nitrogens is 2. The number of hydrogen-bond acceptors (Lipinski definition) is 5. The van der Waals surface area contributed by atoms with E-state index in [-0.39, 0.29) is 17.3 Å². The lowest BCUT2D eigenvalue weighted by molar-refractivity contribution is 0.439. The van der Waals surface area contributed by atoms with Crippen LogP contribution in [0.3, 0.4) is 0 Å². The zero-order valence-corrected chi connectivity index (χ0v) is 15.9. The third-order valence-electron chi connectivity index (χ3n) is 3.81. The van der Waals surface area contributed by atoms with Gasteiger partial charge in [-0.3, -0.25) is 4.72 Å². The first-order chi connectivity index (χ1) is 13.2. The zero-order chi connectivity index (χ0) is 20.3. The molecule has 6 nitrogen and oxygen atoms in total. The topological polar surface area (TPSA) is 81.2 Å². The van der Waals surface area contributed by atoms with Gasteiger partial charge in [-0.2, -0.15) is 9.97 Å². The highest BCUT2D eigenvalue weighted by Crippen LogP contribution is 2.25. The Labute approximate surface area is 161 Å². The lowest BCUT2D eigenvalue weighted by atomic mass is 10.2. The Balaban J connectivity index is 1.82. The standard InChI is InChI=1S/C19H17F2N3O3S/c1-12-18(13(2)23-19(22-12)27-16-6-4-3-5-7-16)24-28(25,26)11-14-10-15(20)8-9-17(14)21/h3-10,24H,11H2,1-2H3. The van der Waals surface area contributed by atoms with Crippen LogP contribution in [-0.4, -0.2) is 18.4 Å². The highest BCUT2D eigenvalue weighted by Gasteiger charge is 2.19. The second-order valence-corrected chi connectivity index (χ2v) is 7.79. The van der Waals surface area contributed by atoms with Crippen molar-refractivity contribution in [1.82, 2.24) is 9.97 Å². The van der Waals surface area contributed by atoms with Crippen molar-refractivity contribution in [1.29, 1.82) is 0 Å². The maximum atomic E-state index is 13.8. The van der Waals surface area contributed by atoms with Crippen LogP contribution in [0.1, 0.15) is 17.0 Å². The Morgan fingerprint density at radius 3 is 2.29 bits per heavy atom. The normalized spacial score (nSPS) is 11.3. The molecule has 3 aromatic rings. The first-order valence-corrected chi connectivity index (χ1v) is 9.91. The highest BCUT2D eigenvalue weighted by atomic mass is 32.2. The maximum Gasteiger partial charge on any atom is 0.322 e. The van der Waals surface area contributed by atoms with Crippen LogP contribution in [0.15, 0.2) is 48.5 Å². The third kappa shape index (κ3) is 4.80. The van der Waals surface area contributed by atoms with Crippen LogP contribution in [-0.2, 0) is 15.8 Å². The van der Waals surface area contributed by atoms with Crippen molar-refractivity contribution in [3.8, 4) is 11.8 Å². The van der Waals surface area contributed by atoms with Gasteiger partial charge in [0.2, 0.25) is 10.0 Å². The SMILES string of the molecule is Cc1nc(Oc2ccccc2)nc(C)c1NS(=O)(=O)Cc1cc(F)ccc1F. The van der Waals surface area contributed by atoms with E-state index in [4.69, 9.17) is 4.74 Å². The summed E-state index contributed by atoms with van der Waals surface area (Å²) in [6.45, 7) is 3.18. The Morgan fingerprint density at radius 1 is 1.00 bits per heavy atom. The van der Waals surface area contributed by atoms with Crippen molar-refractivity contribution in [2.24, 2.45) is 0 Å². The van der Waals surface area contributed by atoms with E-state index in [1.165, 1.54) is 0 Å². The predicted molar refractivity (Wildman–Crippen MR) is 101 cm³/mol. The molecule has 2 aromatic carbocycles. The molecule has 0 unspecified atom stereocenters. The number of hydrogen-bond donors (Lipinski definition) is 1. The van der Waals surface area contributed by atoms with E-state index in [0.29, 0.717) is 17.1 Å². The van der Waals surface area contributed by atoms with Crippen LogP contribution in [0.25, 0.3) is 0 Å². The third-order valence-corrected chi connectivity index (χ3v) is 5.02. The number of anilines is 1. The van der Waals surface area contributed by atoms with Crippen molar-refractivity contribution < 1.29 is 21.9 Å². The van der Waals surface area contributed by atoms with E-state index in [2.05, 4.69) is 14.7 Å². The highest BCUT2D eigenvalue weighted by molar-refractivity contribution is 7.91. The molecule has 0 atom stereocenters. The van der Waals surface area contributed by atoms with E-state index in [1.54, 1.807) is 38.1 Å². The summed E-state index contributed by atoms with van der Waals surface area (Å²) < 4.78 is 59.8. The van der Waals surface area contributed by atoms with Gasteiger partial charge in [0.25, 0.3) is 0 Å². The fourth-order valence-electron chi connectivity index (χ4n) is 2.52. The van der Waals surface area contributed by atoms with Crippen LogP contribution in [0.2, 0.25) is 0 Å². The molecule has 1 heterocycles. The number of rotatable bonds is 6. The van der Waals surface area contributed by atoms with Gasteiger partial charge in [0.05, 0.1) is 22.8 Å². The molecule has 0 saturated heterocycles. The predicted octanol–water partition coefficient (Wildman–Crippen LogP) is 4.11. The summed E-state index contributed by atoms with van der Waals surface area (Å²) in [5.41, 5.74) is 0.563. The minimum Gasteiger partial charge on any atom is -0.424 e. The van der Waals surface area contributed by atoms with E-state index in [9.17, 15) is 17.2 Å². The maximum absolute atomic E-state index is 13.8. The van der Waals surface area contributed by atoms with Gasteiger partial charge < -0.3 is 4.74 Å². The summed E-state index contributed by atoms with van der Waals surface area (Å²) in [5, 5.41) is 0. The minimum atomic E-state index is -4.02. The molecule has 0 aliphatic carbocycles. The van der Waals surface area contributed by atoms with Crippen molar-refractivity contribution in [3.05, 3.63) is 77.1 Å². The molecular weight excluding hydrogens is 388 g/mol. The molecule has 3 rings (SSSR count). The molecule has 0 radical (unpaired) electrons. The van der Waals surface area contributed by atoms with Crippen molar-refractivity contribution in [2.75, 3.05) is 4.72 Å². The number of halogens is 2. The summed E-state index contributed by atoms with van der Waals surface area (Å²) in [4.78, 5) is 8.32. The number of ether oxygens (including phenoxy) is 1. The first-order valence-electron chi connectivity index (χ1n) is 8.26. The average Bonchev–Trinajstić information content (AvgIpc) is 2.62. The van der Waals surface area contributed by atoms with Gasteiger partial charge in [-0.1, -0.05) is 18.2 Å². The number of para-hydroxylation sites is 1. The lowest BCUT2D eigenvalue weighted by Crippen LogP contribution is -2.18. The van der Waals surface area contributed by atoms with Crippen molar-refractivity contribution in [2.45, 2.75) is 19.6 Å². The quantitative estimate of drug-likeness (QED) is 0.668. The molecule has 0 spiro atoms. The number of benzene rings is 2. The van der Waals surface area contributed by atoms with E-state index in [1.807, 2.05) is 6.07 Å². The van der Waals surface area contributed by atoms with Crippen LogP contribution in [0.4, 0.5) is 14.5 Å². The Hall–Kier alpha value is -3.07. The number of sulfonamides is 1. The molecule has 1 aromatic heterocycles. The first kappa shape index (κ1) is 19.7. The Bertz CT molecular complexity index is 1080. The van der Waals surface area contributed by atoms with E-state index in [0.717, 1.165) is 18.2 Å². The average molecular weight is 405 g/mol. The van der Waals surface area contributed by atoms with Gasteiger partial charge in [0, 0.05) is 5.56 Å². The largest absolute Gasteiger partial charge is 0.424 e. The molecule has 0 saturated carbocycles. The fourth-order valence-corrected chi connectivity index (χ4v) is 3.83. The van der Waals surface area contributed by atoms with Crippen LogP contribution >= 0.6 is 0 Å². The van der Waals surface area contributed by atoms with E-state index >= 15 is 0 Å². The van der Waals surface area contributed by atoms with Crippen molar-refractivity contribution in [3.63, 3.8) is 0 Å². The summed E-state index contributed by atoms with van der Waals surface area (Å²) in [5.74, 6) is -1.71. The molecule has 0 amide bonds. The monoisotopic (exact) mass is 405 g/mol. The van der Waals surface area contributed by atoms with Gasteiger partial charge in [-0.15, -0.1) is 0 Å². The Kier molecular flexibility index (Phi) is 5.55. The van der Waals surface area contributed by atoms with Gasteiger partial charge in [0.15, 0.2) is 0 Å². The molecule has 0 aliphatic heterocycles. The van der Waals surface area contributed by atoms with Gasteiger partial charge in [0.1, 0.15) is 17.4 Å². The number of aryl methyl sites for hydroxylation is 2. The second kappa shape index (κ2) is 7.89. The van der Waals surface area contributed by atoms with Gasteiger partial charge in [-0.25, -0.2) is 17.2 Å². The smallest absolute Gasteiger partial charge is 0.322 e. The molecule has 28 heavy (non-hydrogen) atoms.